The smallest absolute Gasteiger partial charge is 0.124 e. The summed E-state index contributed by atoms with van der Waals surface area (Å²) < 4.78 is 0. The Morgan fingerprint density at radius 2 is 1.95 bits per heavy atom. The molecule has 3 heteroatoms. The summed E-state index contributed by atoms with van der Waals surface area (Å²) in [5, 5.41) is 20.4. The van der Waals surface area contributed by atoms with Crippen LogP contribution in [-0.2, 0) is 0 Å². The van der Waals surface area contributed by atoms with Crippen LogP contribution in [0.1, 0.15) is 39.2 Å². The van der Waals surface area contributed by atoms with E-state index in [0.717, 1.165) is 12.8 Å². The van der Waals surface area contributed by atoms with Crippen molar-refractivity contribution in [1.82, 2.24) is 0 Å². The van der Waals surface area contributed by atoms with E-state index in [1.165, 1.54) is 0 Å². The fourth-order valence-corrected chi connectivity index (χ4v) is 4.23. The number of benzene rings is 1. The molecule has 0 amide bonds. The number of aliphatic hydroxyl groups is 1. The summed E-state index contributed by atoms with van der Waals surface area (Å²) in [6.45, 7) is 6.69. The van der Waals surface area contributed by atoms with Crippen molar-refractivity contribution in [3.05, 3.63) is 29.8 Å². The molecule has 0 aromatic heterocycles. The molecule has 2 aliphatic rings. The van der Waals surface area contributed by atoms with Crippen molar-refractivity contribution in [3.8, 4) is 5.75 Å². The molecule has 0 saturated heterocycles. The Hall–Kier alpha value is -1.35. The number of para-hydroxylation sites is 1. The van der Waals surface area contributed by atoms with E-state index in [2.05, 4.69) is 25.8 Å². The molecule has 20 heavy (non-hydrogen) atoms. The highest BCUT2D eigenvalue weighted by Gasteiger charge is 2.65. The minimum Gasteiger partial charge on any atom is -0.507 e. The predicted octanol–water partition coefficient (Wildman–Crippen LogP) is 3.00. The number of aliphatic imine (C=N–C) groups is 1. The second-order valence-corrected chi connectivity index (χ2v) is 7.06. The summed E-state index contributed by atoms with van der Waals surface area (Å²) in [6.07, 6.45) is 3.53. The van der Waals surface area contributed by atoms with Gasteiger partial charge in [0.25, 0.3) is 0 Å². The minimum absolute atomic E-state index is 0.0432. The number of fused-ring (bicyclic) bond motifs is 2. The first-order valence-corrected chi connectivity index (χ1v) is 7.37. The highest BCUT2D eigenvalue weighted by Crippen LogP contribution is 2.66. The first-order valence-electron chi connectivity index (χ1n) is 7.37. The fraction of sp³-hybridized carbons (Fsp3) is 0.588. The van der Waals surface area contributed by atoms with Crippen LogP contribution >= 0.6 is 0 Å². The Labute approximate surface area is 120 Å². The van der Waals surface area contributed by atoms with E-state index >= 15 is 0 Å². The van der Waals surface area contributed by atoms with E-state index in [4.69, 9.17) is 0 Å². The third kappa shape index (κ3) is 1.65. The molecular weight excluding hydrogens is 250 g/mol. The van der Waals surface area contributed by atoms with Crippen LogP contribution in [0.3, 0.4) is 0 Å². The molecular formula is C17H23NO2. The third-order valence-electron chi connectivity index (χ3n) is 6.08. The van der Waals surface area contributed by atoms with Crippen LogP contribution in [0, 0.1) is 16.7 Å². The van der Waals surface area contributed by atoms with E-state index in [1.54, 1.807) is 18.3 Å². The molecule has 2 bridgehead atoms. The summed E-state index contributed by atoms with van der Waals surface area (Å²) >= 11 is 0. The van der Waals surface area contributed by atoms with Gasteiger partial charge in [-0.2, -0.15) is 0 Å². The molecule has 3 rings (SSSR count). The molecule has 1 aromatic carbocycles. The van der Waals surface area contributed by atoms with Crippen LogP contribution in [0.4, 0.5) is 0 Å². The lowest BCUT2D eigenvalue weighted by Crippen LogP contribution is -2.39. The van der Waals surface area contributed by atoms with Gasteiger partial charge in [0.1, 0.15) is 5.75 Å². The van der Waals surface area contributed by atoms with Crippen LogP contribution in [-0.4, -0.2) is 28.6 Å². The van der Waals surface area contributed by atoms with Crippen LogP contribution in [0.15, 0.2) is 29.3 Å². The highest BCUT2D eigenvalue weighted by molar-refractivity contribution is 5.83. The lowest BCUT2D eigenvalue weighted by atomic mass is 9.70. The van der Waals surface area contributed by atoms with E-state index < -0.39 is 6.10 Å². The number of hydrogen-bond donors (Lipinski definition) is 2. The third-order valence-corrected chi connectivity index (χ3v) is 6.08. The van der Waals surface area contributed by atoms with Gasteiger partial charge < -0.3 is 10.2 Å². The molecule has 2 N–H and O–H groups in total. The van der Waals surface area contributed by atoms with Gasteiger partial charge in [0, 0.05) is 17.2 Å². The van der Waals surface area contributed by atoms with Gasteiger partial charge in [0.15, 0.2) is 0 Å². The maximum absolute atomic E-state index is 10.6. The molecule has 4 atom stereocenters. The monoisotopic (exact) mass is 273 g/mol. The van der Waals surface area contributed by atoms with Gasteiger partial charge in [-0.05, 0) is 36.3 Å². The Morgan fingerprint density at radius 3 is 2.55 bits per heavy atom. The topological polar surface area (TPSA) is 52.8 Å². The number of aliphatic hydroxyl groups excluding tert-OH is 1. The zero-order valence-corrected chi connectivity index (χ0v) is 12.4. The van der Waals surface area contributed by atoms with E-state index in [1.807, 2.05) is 12.1 Å². The Bertz CT molecular complexity index is 552. The summed E-state index contributed by atoms with van der Waals surface area (Å²) in [6, 6.07) is 7.12. The van der Waals surface area contributed by atoms with Crippen LogP contribution in [0.5, 0.6) is 5.75 Å². The van der Waals surface area contributed by atoms with Crippen molar-refractivity contribution in [2.75, 3.05) is 0 Å². The molecule has 0 aliphatic heterocycles. The molecule has 3 nitrogen and oxygen atoms in total. The van der Waals surface area contributed by atoms with Crippen molar-refractivity contribution >= 4 is 6.21 Å². The second kappa shape index (κ2) is 4.32. The maximum Gasteiger partial charge on any atom is 0.124 e. The van der Waals surface area contributed by atoms with Gasteiger partial charge in [0.2, 0.25) is 0 Å². The predicted molar refractivity (Wildman–Crippen MR) is 80.1 cm³/mol. The largest absolute Gasteiger partial charge is 0.507 e. The van der Waals surface area contributed by atoms with Crippen molar-refractivity contribution < 1.29 is 10.2 Å². The van der Waals surface area contributed by atoms with Gasteiger partial charge in [-0.25, -0.2) is 0 Å². The van der Waals surface area contributed by atoms with Crippen molar-refractivity contribution in [3.63, 3.8) is 0 Å². The fourth-order valence-electron chi connectivity index (χ4n) is 4.23. The van der Waals surface area contributed by atoms with E-state index in [-0.39, 0.29) is 22.6 Å². The number of phenolic OH excluding ortho intramolecular Hbond substituents is 1. The Kier molecular flexibility index (Phi) is 2.94. The molecule has 1 aromatic rings. The van der Waals surface area contributed by atoms with Crippen LogP contribution in [0.2, 0.25) is 0 Å². The quantitative estimate of drug-likeness (QED) is 0.814. The summed E-state index contributed by atoms with van der Waals surface area (Å²) in [7, 11) is 0. The van der Waals surface area contributed by atoms with Crippen LogP contribution < -0.4 is 0 Å². The zero-order valence-electron chi connectivity index (χ0n) is 12.4. The first kappa shape index (κ1) is 13.6. The standard InChI is InChI=1S/C17H23NO2/c1-16(2)12-8-9-17(16,3)15(20)14(12)18-10-11-6-4-5-7-13(11)19/h4-7,10,12,14-15,19-20H,8-9H2,1-3H3/t12-,14-,15-,17+/m0/s1. The molecule has 0 radical (unpaired) electrons. The number of phenols is 1. The summed E-state index contributed by atoms with van der Waals surface area (Å²) in [5.41, 5.74) is 0.788. The lowest BCUT2D eigenvalue weighted by Gasteiger charge is -2.36. The average molecular weight is 273 g/mol. The summed E-state index contributed by atoms with van der Waals surface area (Å²) in [5.74, 6) is 0.656. The van der Waals surface area contributed by atoms with E-state index in [0.29, 0.717) is 11.5 Å². The SMILES string of the molecule is CC1(C)[C@H]2CC[C@]1(C)[C@@H](O)[C@H]2N=Cc1ccccc1O. The number of nitrogens with zero attached hydrogens (tertiary/aromatic N) is 1. The normalized spacial score (nSPS) is 38.7. The molecule has 2 fully saturated rings. The lowest BCUT2D eigenvalue weighted by molar-refractivity contribution is 0.00624. The molecule has 2 saturated carbocycles. The van der Waals surface area contributed by atoms with Crippen molar-refractivity contribution in [2.24, 2.45) is 21.7 Å². The molecule has 2 aliphatic carbocycles. The molecule has 0 unspecified atom stereocenters. The number of aromatic hydroxyl groups is 1. The highest BCUT2D eigenvalue weighted by atomic mass is 16.3. The minimum atomic E-state index is -0.390. The Balaban J connectivity index is 1.88. The van der Waals surface area contributed by atoms with Gasteiger partial charge in [-0.3, -0.25) is 4.99 Å². The zero-order chi connectivity index (χ0) is 14.5. The Morgan fingerprint density at radius 1 is 1.25 bits per heavy atom. The average Bonchev–Trinajstić information content (AvgIpc) is 2.71. The number of hydrogen-bond acceptors (Lipinski definition) is 3. The van der Waals surface area contributed by atoms with Gasteiger partial charge in [-0.15, -0.1) is 0 Å². The van der Waals surface area contributed by atoms with Crippen molar-refractivity contribution in [2.45, 2.75) is 45.8 Å². The van der Waals surface area contributed by atoms with Gasteiger partial charge >= 0.3 is 0 Å². The van der Waals surface area contributed by atoms with Crippen LogP contribution in [0.25, 0.3) is 0 Å². The summed E-state index contributed by atoms with van der Waals surface area (Å²) in [4.78, 5) is 4.62. The van der Waals surface area contributed by atoms with Gasteiger partial charge in [-0.1, -0.05) is 32.9 Å². The van der Waals surface area contributed by atoms with Gasteiger partial charge in [0.05, 0.1) is 12.1 Å². The second-order valence-electron chi connectivity index (χ2n) is 7.06. The first-order chi connectivity index (χ1) is 9.38. The van der Waals surface area contributed by atoms with Crippen molar-refractivity contribution in [1.29, 1.82) is 0 Å². The molecule has 0 spiro atoms. The maximum atomic E-state index is 10.6. The van der Waals surface area contributed by atoms with E-state index in [9.17, 15) is 10.2 Å². The molecule has 0 heterocycles. The molecule has 108 valence electrons. The number of rotatable bonds is 2.